The Morgan fingerprint density at radius 2 is 1.90 bits per heavy atom. The molecule has 1 saturated heterocycles. The van der Waals surface area contributed by atoms with Crippen LogP contribution in [0.1, 0.15) is 33.6 Å². The van der Waals surface area contributed by atoms with E-state index in [0.29, 0.717) is 37.0 Å². The molecule has 0 aliphatic carbocycles. The molecule has 4 rings (SSSR count). The molecule has 0 aromatic heterocycles. The highest BCUT2D eigenvalue weighted by atomic mass is 32.2. The highest BCUT2D eigenvalue weighted by Crippen LogP contribution is 2.45. The van der Waals surface area contributed by atoms with Crippen LogP contribution in [0.3, 0.4) is 0 Å². The lowest BCUT2D eigenvalue weighted by molar-refractivity contribution is -0.480. The highest BCUT2D eigenvalue weighted by molar-refractivity contribution is 8.00. The van der Waals surface area contributed by atoms with Crippen molar-refractivity contribution in [3.05, 3.63) is 41.1 Å². The van der Waals surface area contributed by atoms with Crippen LogP contribution in [0.2, 0.25) is 0 Å². The standard InChI is InChI=1S/C22H24FN3O4S/c1-22(2,3)30-21(28)25-10-8-13(9-11-25)19(27)24-20-26(29)17-7-4-14-12-15(23)5-6-16(14)18(17)31-20/h4-7,12-13,20H,8-11H2,1-3H3/p+1. The van der Waals surface area contributed by atoms with Gasteiger partial charge in [0, 0.05) is 35.4 Å². The molecular weight excluding hydrogens is 421 g/mol. The lowest BCUT2D eigenvalue weighted by Gasteiger charge is -2.32. The molecule has 2 aromatic rings. The zero-order chi connectivity index (χ0) is 22.3. The maximum atomic E-state index is 13.5. The number of fused-ring (bicyclic) bond motifs is 3. The number of carbonyl (C=O) groups is 2. The van der Waals surface area contributed by atoms with Crippen molar-refractivity contribution in [1.29, 1.82) is 0 Å². The van der Waals surface area contributed by atoms with Crippen LogP contribution in [-0.4, -0.2) is 45.8 Å². The predicted octanol–water partition coefficient (Wildman–Crippen LogP) is 4.54. The number of benzene rings is 2. The van der Waals surface area contributed by atoms with Gasteiger partial charge >= 0.3 is 11.6 Å². The lowest BCUT2D eigenvalue weighted by atomic mass is 9.96. The van der Waals surface area contributed by atoms with Crippen LogP contribution in [0.25, 0.3) is 10.8 Å². The second-order valence-corrected chi connectivity index (χ2v) is 9.92. The Bertz CT molecular complexity index is 1060. The summed E-state index contributed by atoms with van der Waals surface area (Å²) >= 11 is 1.26. The molecule has 164 valence electrons. The molecule has 31 heavy (non-hydrogen) atoms. The van der Waals surface area contributed by atoms with Crippen molar-refractivity contribution >= 4 is 40.2 Å². The fraction of sp³-hybridized carbons (Fsp3) is 0.455. The molecule has 1 fully saturated rings. The molecule has 2 amide bonds. The van der Waals surface area contributed by atoms with Gasteiger partial charge in [0.2, 0.25) is 5.91 Å². The zero-order valence-electron chi connectivity index (χ0n) is 17.7. The van der Waals surface area contributed by atoms with Crippen LogP contribution in [0.4, 0.5) is 14.9 Å². The first-order chi connectivity index (χ1) is 14.6. The predicted molar refractivity (Wildman–Crippen MR) is 116 cm³/mol. The molecule has 2 aliphatic heterocycles. The number of nitrogens with one attached hydrogen (secondary N) is 1. The fourth-order valence-corrected chi connectivity index (χ4v) is 5.02. The van der Waals surface area contributed by atoms with Gasteiger partial charge in [-0.05, 0) is 69.0 Å². The summed E-state index contributed by atoms with van der Waals surface area (Å²) in [5, 5.41) is 4.33. The molecule has 0 radical (unpaired) electrons. The summed E-state index contributed by atoms with van der Waals surface area (Å²) in [7, 11) is 0. The summed E-state index contributed by atoms with van der Waals surface area (Å²) in [6.45, 7) is 6.31. The summed E-state index contributed by atoms with van der Waals surface area (Å²) in [4.78, 5) is 40.1. The van der Waals surface area contributed by atoms with Gasteiger partial charge in [-0.15, -0.1) is 0 Å². The average molecular weight is 447 g/mol. The Kier molecular flexibility index (Phi) is 5.63. The van der Waals surface area contributed by atoms with Gasteiger partial charge in [0.05, 0.1) is 9.66 Å². The van der Waals surface area contributed by atoms with Crippen molar-refractivity contribution in [2.75, 3.05) is 13.1 Å². The highest BCUT2D eigenvalue weighted by Gasteiger charge is 2.43. The molecule has 1 atom stereocenters. The van der Waals surface area contributed by atoms with E-state index in [1.807, 2.05) is 20.8 Å². The van der Waals surface area contributed by atoms with Gasteiger partial charge in [0.15, 0.2) is 0 Å². The number of likely N-dealkylation sites (tertiary alicyclic amines) is 1. The van der Waals surface area contributed by atoms with E-state index in [1.165, 1.54) is 23.9 Å². The third-order valence-corrected chi connectivity index (χ3v) is 6.57. The smallest absolute Gasteiger partial charge is 0.410 e. The molecule has 1 N–H and O–H groups in total. The molecule has 1 unspecified atom stereocenters. The molecule has 0 bridgehead atoms. The minimum atomic E-state index is -0.776. The maximum Gasteiger partial charge on any atom is 0.410 e. The number of rotatable bonds is 2. The number of carbonyl (C=O) groups excluding carboxylic acids is 2. The van der Waals surface area contributed by atoms with E-state index in [1.54, 1.807) is 23.1 Å². The zero-order valence-corrected chi connectivity index (χ0v) is 18.5. The van der Waals surface area contributed by atoms with Crippen molar-refractivity contribution in [2.45, 2.75) is 49.6 Å². The average Bonchev–Trinajstić information content (AvgIpc) is 3.02. The van der Waals surface area contributed by atoms with Gasteiger partial charge in [-0.1, -0.05) is 6.07 Å². The number of amides is 2. The van der Waals surface area contributed by atoms with Gasteiger partial charge in [-0.25, -0.2) is 9.18 Å². The first-order valence-electron chi connectivity index (χ1n) is 10.3. The molecule has 0 spiro atoms. The topological polar surface area (TPSA) is 78.7 Å². The Morgan fingerprint density at radius 1 is 1.19 bits per heavy atom. The quantitative estimate of drug-likeness (QED) is 0.685. The van der Waals surface area contributed by atoms with E-state index in [9.17, 15) is 18.9 Å². The number of hydrogen-bond donors (Lipinski definition) is 1. The van der Waals surface area contributed by atoms with E-state index < -0.39 is 11.1 Å². The monoisotopic (exact) mass is 446 g/mol. The lowest BCUT2D eigenvalue weighted by Crippen LogP contribution is -2.46. The number of hydrogen-bond acceptors (Lipinski definition) is 5. The number of nitroso groups, excluding NO2 is 1. The van der Waals surface area contributed by atoms with Gasteiger partial charge in [0.25, 0.3) is 5.69 Å². The van der Waals surface area contributed by atoms with Crippen LogP contribution in [-0.2, 0) is 9.53 Å². The van der Waals surface area contributed by atoms with E-state index >= 15 is 0 Å². The van der Waals surface area contributed by atoms with Crippen LogP contribution in [0.5, 0.6) is 0 Å². The van der Waals surface area contributed by atoms with Crippen molar-refractivity contribution in [3.8, 4) is 0 Å². The SMILES string of the molecule is CC(C)(C)OC(=O)N1CCC(C(=O)NC2Sc3c(ccc4cc(F)ccc34)[N+]2=O)CC1. The Labute approximate surface area is 183 Å². The number of nitrogens with zero attached hydrogens (tertiary/aromatic N) is 2. The van der Waals surface area contributed by atoms with Crippen molar-refractivity contribution in [3.63, 3.8) is 0 Å². The molecule has 9 heteroatoms. The van der Waals surface area contributed by atoms with Crippen LogP contribution >= 0.6 is 11.8 Å². The number of halogens is 1. The summed E-state index contributed by atoms with van der Waals surface area (Å²) < 4.78 is 19.7. The van der Waals surface area contributed by atoms with Gasteiger partial charge in [0.1, 0.15) is 11.4 Å². The third-order valence-electron chi connectivity index (χ3n) is 5.37. The number of ether oxygens (including phenoxy) is 1. The van der Waals surface area contributed by atoms with Gasteiger partial charge in [-0.2, -0.15) is 0 Å². The summed E-state index contributed by atoms with van der Waals surface area (Å²) in [6, 6.07) is 7.81. The minimum absolute atomic E-state index is 0.203. The van der Waals surface area contributed by atoms with E-state index in [-0.39, 0.29) is 23.7 Å². The van der Waals surface area contributed by atoms with Crippen LogP contribution in [0.15, 0.2) is 35.2 Å². The van der Waals surface area contributed by atoms with Crippen LogP contribution < -0.4 is 5.32 Å². The summed E-state index contributed by atoms with van der Waals surface area (Å²) in [5.74, 6) is -0.815. The minimum Gasteiger partial charge on any atom is -0.444 e. The first kappa shape index (κ1) is 21.5. The number of thioether (sulfide) groups is 1. The fourth-order valence-electron chi connectivity index (χ4n) is 3.82. The summed E-state index contributed by atoms with van der Waals surface area (Å²) in [6.07, 6.45) is 0.648. The second kappa shape index (κ2) is 8.11. The largest absolute Gasteiger partial charge is 0.444 e. The van der Waals surface area contributed by atoms with Crippen LogP contribution in [0, 0.1) is 16.6 Å². The maximum absolute atomic E-state index is 13.5. The third kappa shape index (κ3) is 4.51. The van der Waals surface area contributed by atoms with E-state index in [4.69, 9.17) is 4.74 Å². The molecule has 7 nitrogen and oxygen atoms in total. The van der Waals surface area contributed by atoms with Crippen molar-refractivity contribution < 1.29 is 23.5 Å². The number of piperidine rings is 1. The Morgan fingerprint density at radius 3 is 2.58 bits per heavy atom. The molecule has 2 aliphatic rings. The van der Waals surface area contributed by atoms with Gasteiger partial charge < -0.3 is 9.64 Å². The summed E-state index contributed by atoms with van der Waals surface area (Å²) in [5.41, 5.74) is -0.871. The van der Waals surface area contributed by atoms with E-state index in [2.05, 4.69) is 5.32 Å². The molecule has 0 saturated carbocycles. The van der Waals surface area contributed by atoms with Crippen molar-refractivity contribution in [2.24, 2.45) is 5.92 Å². The van der Waals surface area contributed by atoms with Gasteiger partial charge in [-0.3, -0.25) is 10.1 Å². The second-order valence-electron chi connectivity index (χ2n) is 8.83. The van der Waals surface area contributed by atoms with E-state index in [0.717, 1.165) is 15.0 Å². The molecule has 2 heterocycles. The Balaban J connectivity index is 1.38. The molecule has 2 aromatic carbocycles. The molecular formula is C22H25FN3O4S+. The Hall–Kier alpha value is -2.68. The first-order valence-corrected chi connectivity index (χ1v) is 11.1. The normalized spacial score (nSPS) is 19.4. The van der Waals surface area contributed by atoms with Crippen molar-refractivity contribution in [1.82, 2.24) is 10.2 Å².